The van der Waals surface area contributed by atoms with Crippen molar-refractivity contribution < 1.29 is 10.2 Å². The van der Waals surface area contributed by atoms with Crippen LogP contribution in [0, 0.1) is 0 Å². The predicted octanol–water partition coefficient (Wildman–Crippen LogP) is 2.89. The highest BCUT2D eigenvalue weighted by Crippen LogP contribution is 2.36. The van der Waals surface area contributed by atoms with Crippen molar-refractivity contribution in [2.75, 3.05) is 28.2 Å². The molecule has 0 radical (unpaired) electrons. The Labute approximate surface area is 132 Å². The van der Waals surface area contributed by atoms with Gasteiger partial charge >= 0.3 is 0 Å². The summed E-state index contributed by atoms with van der Waals surface area (Å²) in [7, 11) is 8.10. The predicted molar refractivity (Wildman–Crippen MR) is 90.0 cm³/mol. The van der Waals surface area contributed by atoms with Crippen LogP contribution >= 0.6 is 0 Å². The van der Waals surface area contributed by atoms with E-state index in [1.807, 2.05) is 46.4 Å². The number of hydrogen-bond donors (Lipinski definition) is 2. The monoisotopic (exact) mass is 300 g/mol. The first-order valence-corrected chi connectivity index (χ1v) is 7.31. The van der Waals surface area contributed by atoms with E-state index in [4.69, 9.17) is 0 Å². The summed E-state index contributed by atoms with van der Waals surface area (Å²) >= 11 is 0. The van der Waals surface area contributed by atoms with Gasteiger partial charge in [-0.25, -0.2) is 0 Å². The molecule has 118 valence electrons. The summed E-state index contributed by atoms with van der Waals surface area (Å²) < 4.78 is 0. The molecule has 4 heteroatoms. The Kier molecular flexibility index (Phi) is 5.06. The molecule has 4 nitrogen and oxygen atoms in total. The third kappa shape index (κ3) is 3.78. The minimum atomic E-state index is 0.224. The maximum absolute atomic E-state index is 10.4. The van der Waals surface area contributed by atoms with E-state index in [1.54, 1.807) is 18.2 Å². The molecule has 2 rings (SSSR count). The summed E-state index contributed by atoms with van der Waals surface area (Å²) in [5, 5.41) is 19.9. The van der Waals surface area contributed by atoms with Crippen molar-refractivity contribution in [1.29, 1.82) is 0 Å². The normalized spacial score (nSPS) is 11.4. The molecule has 0 bridgehead atoms. The Morgan fingerprint density at radius 1 is 0.773 bits per heavy atom. The van der Waals surface area contributed by atoms with Crippen molar-refractivity contribution in [3.8, 4) is 22.6 Å². The molecule has 0 aromatic heterocycles. The van der Waals surface area contributed by atoms with Crippen molar-refractivity contribution in [3.63, 3.8) is 0 Å². The molecule has 0 unspecified atom stereocenters. The summed E-state index contributed by atoms with van der Waals surface area (Å²) in [6.45, 7) is 1.56. The lowest BCUT2D eigenvalue weighted by Crippen LogP contribution is -2.17. The van der Waals surface area contributed by atoms with Crippen LogP contribution in [-0.4, -0.2) is 48.2 Å². The van der Waals surface area contributed by atoms with Gasteiger partial charge in [0.05, 0.1) is 0 Å². The van der Waals surface area contributed by atoms with E-state index in [0.29, 0.717) is 0 Å². The molecule has 0 saturated heterocycles. The first-order valence-electron chi connectivity index (χ1n) is 7.31. The van der Waals surface area contributed by atoms with Gasteiger partial charge in [-0.15, -0.1) is 0 Å². The number of hydrogen-bond acceptors (Lipinski definition) is 4. The summed E-state index contributed by atoms with van der Waals surface area (Å²) in [5.41, 5.74) is 4.06. The summed E-state index contributed by atoms with van der Waals surface area (Å²) in [5.74, 6) is 0.492. The molecule has 0 amide bonds. The number of nitrogens with zero attached hydrogens (tertiary/aromatic N) is 2. The van der Waals surface area contributed by atoms with Crippen LogP contribution in [0.5, 0.6) is 11.5 Å². The highest BCUT2D eigenvalue weighted by Gasteiger charge is 2.16. The molecule has 2 aromatic rings. The van der Waals surface area contributed by atoms with Crippen molar-refractivity contribution in [2.24, 2.45) is 0 Å². The zero-order chi connectivity index (χ0) is 16.3. The minimum Gasteiger partial charge on any atom is -0.508 e. The fourth-order valence-corrected chi connectivity index (χ4v) is 2.61. The van der Waals surface area contributed by atoms with Crippen molar-refractivity contribution >= 4 is 0 Å². The van der Waals surface area contributed by atoms with Crippen LogP contribution in [0.1, 0.15) is 11.1 Å². The van der Waals surface area contributed by atoms with Gasteiger partial charge in [-0.2, -0.15) is 0 Å². The van der Waals surface area contributed by atoms with Gasteiger partial charge < -0.3 is 20.0 Å². The lowest BCUT2D eigenvalue weighted by Gasteiger charge is -2.21. The van der Waals surface area contributed by atoms with Crippen LogP contribution in [0.4, 0.5) is 0 Å². The summed E-state index contributed by atoms with van der Waals surface area (Å²) in [4.78, 5) is 4.21. The maximum atomic E-state index is 10.4. The molecule has 0 aliphatic heterocycles. The van der Waals surface area contributed by atoms with E-state index in [1.165, 1.54) is 5.56 Å². The first-order chi connectivity index (χ1) is 10.4. The van der Waals surface area contributed by atoms with Crippen molar-refractivity contribution in [3.05, 3.63) is 47.5 Å². The maximum Gasteiger partial charge on any atom is 0.123 e. The van der Waals surface area contributed by atoms with Crippen LogP contribution in [0.3, 0.4) is 0 Å². The number of benzene rings is 2. The lowest BCUT2D eigenvalue weighted by atomic mass is 9.93. The van der Waals surface area contributed by atoms with Crippen LogP contribution < -0.4 is 0 Å². The summed E-state index contributed by atoms with van der Waals surface area (Å²) in [6, 6.07) is 10.7. The second-order valence-electron chi connectivity index (χ2n) is 6.12. The minimum absolute atomic E-state index is 0.224. The van der Waals surface area contributed by atoms with Gasteiger partial charge in [0, 0.05) is 18.7 Å². The highest BCUT2D eigenvalue weighted by atomic mass is 16.3. The largest absolute Gasteiger partial charge is 0.508 e. The van der Waals surface area contributed by atoms with Crippen LogP contribution in [0.2, 0.25) is 0 Å². The third-order valence-electron chi connectivity index (χ3n) is 3.50. The van der Waals surface area contributed by atoms with E-state index in [9.17, 15) is 10.2 Å². The zero-order valence-corrected chi connectivity index (χ0v) is 13.7. The molecule has 0 atom stereocenters. The van der Waals surface area contributed by atoms with E-state index < -0.39 is 0 Å². The van der Waals surface area contributed by atoms with E-state index in [2.05, 4.69) is 9.80 Å². The molecule has 2 N–H and O–H groups in total. The van der Waals surface area contributed by atoms with E-state index in [0.717, 1.165) is 29.8 Å². The Bertz CT molecular complexity index is 634. The molecular formula is C18H24N2O2. The molecule has 0 saturated carbocycles. The molecule has 0 fully saturated rings. The van der Waals surface area contributed by atoms with E-state index >= 15 is 0 Å². The molecule has 0 aliphatic carbocycles. The van der Waals surface area contributed by atoms with E-state index in [-0.39, 0.29) is 11.5 Å². The van der Waals surface area contributed by atoms with Crippen LogP contribution in [0.25, 0.3) is 11.1 Å². The Morgan fingerprint density at radius 2 is 1.36 bits per heavy atom. The van der Waals surface area contributed by atoms with Gasteiger partial charge in [0.2, 0.25) is 0 Å². The van der Waals surface area contributed by atoms with Gasteiger partial charge in [0.1, 0.15) is 11.5 Å². The Morgan fingerprint density at radius 3 is 1.91 bits per heavy atom. The van der Waals surface area contributed by atoms with Gasteiger partial charge in [-0.1, -0.05) is 18.2 Å². The zero-order valence-electron chi connectivity index (χ0n) is 13.7. The molecule has 0 heterocycles. The topological polar surface area (TPSA) is 46.9 Å². The fraction of sp³-hybridized carbons (Fsp3) is 0.333. The molecule has 0 spiro atoms. The average molecular weight is 300 g/mol. The molecular weight excluding hydrogens is 276 g/mol. The number of rotatable bonds is 5. The van der Waals surface area contributed by atoms with Crippen LogP contribution in [0.15, 0.2) is 36.4 Å². The van der Waals surface area contributed by atoms with Crippen molar-refractivity contribution in [1.82, 2.24) is 9.80 Å². The average Bonchev–Trinajstić information content (AvgIpc) is 2.43. The molecule has 22 heavy (non-hydrogen) atoms. The molecule has 2 aromatic carbocycles. The second-order valence-corrected chi connectivity index (χ2v) is 6.12. The first kappa shape index (κ1) is 16.3. The smallest absolute Gasteiger partial charge is 0.123 e. The number of phenolic OH excluding ortho intramolecular Hbond substituents is 2. The Hall–Kier alpha value is -2.04. The quantitative estimate of drug-likeness (QED) is 0.891. The Balaban J connectivity index is 2.60. The third-order valence-corrected chi connectivity index (χ3v) is 3.50. The van der Waals surface area contributed by atoms with Gasteiger partial charge in [-0.3, -0.25) is 0 Å². The van der Waals surface area contributed by atoms with Gasteiger partial charge in [0.15, 0.2) is 0 Å². The molecule has 0 aliphatic rings. The summed E-state index contributed by atoms with van der Waals surface area (Å²) in [6.07, 6.45) is 0. The number of phenols is 2. The fourth-order valence-electron chi connectivity index (χ4n) is 2.61. The van der Waals surface area contributed by atoms with Crippen LogP contribution in [-0.2, 0) is 13.1 Å². The number of aromatic hydroxyl groups is 2. The van der Waals surface area contributed by atoms with Crippen molar-refractivity contribution in [2.45, 2.75) is 13.1 Å². The second kappa shape index (κ2) is 6.81. The standard InChI is InChI=1S/C18H24N2O2/c1-19(2)11-14-7-10-17(22)18(16(14)12-20(3)4)13-5-8-15(21)9-6-13/h5-10,21-22H,11-12H2,1-4H3. The van der Waals surface area contributed by atoms with Gasteiger partial charge in [-0.05, 0) is 63.1 Å². The SMILES string of the molecule is CN(C)Cc1ccc(O)c(-c2ccc(O)cc2)c1CN(C)C. The lowest BCUT2D eigenvalue weighted by molar-refractivity contribution is 0.380. The van der Waals surface area contributed by atoms with Gasteiger partial charge in [0.25, 0.3) is 0 Å². The highest BCUT2D eigenvalue weighted by molar-refractivity contribution is 5.75.